The number of carbonyl (C=O) groups excluding carboxylic acids is 1. The fourth-order valence-electron chi connectivity index (χ4n) is 1.99. The highest BCUT2D eigenvalue weighted by molar-refractivity contribution is 5.85. The first-order chi connectivity index (χ1) is 7.88. The van der Waals surface area contributed by atoms with Crippen LogP contribution in [-0.2, 0) is 14.3 Å². The Morgan fingerprint density at radius 2 is 1.94 bits per heavy atom. The Morgan fingerprint density at radius 3 is 2.35 bits per heavy atom. The van der Waals surface area contributed by atoms with Gasteiger partial charge in [-0.15, -0.1) is 0 Å². The van der Waals surface area contributed by atoms with Gasteiger partial charge in [0.05, 0.1) is 6.10 Å². The van der Waals surface area contributed by atoms with Crippen molar-refractivity contribution < 1.29 is 19.4 Å². The molecule has 0 aliphatic carbocycles. The summed E-state index contributed by atoms with van der Waals surface area (Å²) in [4.78, 5) is 24.7. The van der Waals surface area contributed by atoms with E-state index in [1.54, 1.807) is 7.11 Å². The minimum Gasteiger partial charge on any atom is -0.480 e. The summed E-state index contributed by atoms with van der Waals surface area (Å²) in [5, 5.41) is 9.12. The zero-order valence-corrected chi connectivity index (χ0v) is 10.8. The topological polar surface area (TPSA) is 66.8 Å². The second kappa shape index (κ2) is 5.49. The third-order valence-corrected chi connectivity index (χ3v) is 3.55. The summed E-state index contributed by atoms with van der Waals surface area (Å²) >= 11 is 0. The number of rotatable bonds is 4. The van der Waals surface area contributed by atoms with Gasteiger partial charge in [-0.05, 0) is 5.92 Å². The summed E-state index contributed by atoms with van der Waals surface area (Å²) in [7, 11) is 1.55. The van der Waals surface area contributed by atoms with Gasteiger partial charge in [0.1, 0.15) is 6.04 Å². The highest BCUT2D eigenvalue weighted by Crippen LogP contribution is 2.24. The number of carboxylic acids is 1. The van der Waals surface area contributed by atoms with Crippen LogP contribution >= 0.6 is 0 Å². The van der Waals surface area contributed by atoms with Crippen molar-refractivity contribution in [1.82, 2.24) is 4.90 Å². The number of carboxylic acid groups (broad SMARTS) is 1. The first-order valence-electron chi connectivity index (χ1n) is 5.94. The van der Waals surface area contributed by atoms with Crippen LogP contribution in [0.4, 0.5) is 0 Å². The molecule has 98 valence electrons. The van der Waals surface area contributed by atoms with Crippen LogP contribution in [0.2, 0.25) is 0 Å². The summed E-state index contributed by atoms with van der Waals surface area (Å²) in [6.07, 6.45) is 0.210. The second-order valence-electron chi connectivity index (χ2n) is 4.97. The number of likely N-dealkylation sites (tertiary alicyclic amines) is 1. The van der Waals surface area contributed by atoms with Crippen LogP contribution in [0.5, 0.6) is 0 Å². The average Bonchev–Trinajstić information content (AvgIpc) is 2.70. The Kier molecular flexibility index (Phi) is 4.51. The number of nitrogens with zero attached hydrogens (tertiary/aromatic N) is 1. The molecule has 1 amide bonds. The van der Waals surface area contributed by atoms with E-state index in [0.717, 1.165) is 0 Å². The molecule has 3 unspecified atom stereocenters. The van der Waals surface area contributed by atoms with Gasteiger partial charge in [-0.3, -0.25) is 4.79 Å². The average molecular weight is 243 g/mol. The SMILES string of the molecule is COC1CC(C(=O)O)N(C(=O)C(C)C(C)C)C1. The summed E-state index contributed by atoms with van der Waals surface area (Å²) in [6.45, 7) is 6.14. The van der Waals surface area contributed by atoms with Crippen LogP contribution in [0.3, 0.4) is 0 Å². The lowest BCUT2D eigenvalue weighted by Crippen LogP contribution is -2.44. The van der Waals surface area contributed by atoms with Crippen LogP contribution in [0, 0.1) is 11.8 Å². The number of hydrogen-bond donors (Lipinski definition) is 1. The van der Waals surface area contributed by atoms with Crippen LogP contribution in [-0.4, -0.2) is 47.7 Å². The van der Waals surface area contributed by atoms with E-state index in [0.29, 0.717) is 13.0 Å². The minimum atomic E-state index is -0.950. The maximum absolute atomic E-state index is 12.2. The molecule has 0 radical (unpaired) electrons. The first kappa shape index (κ1) is 14.0. The molecule has 1 heterocycles. The zero-order valence-electron chi connectivity index (χ0n) is 10.8. The normalized spacial score (nSPS) is 26.3. The monoisotopic (exact) mass is 243 g/mol. The fourth-order valence-corrected chi connectivity index (χ4v) is 1.99. The van der Waals surface area contributed by atoms with E-state index in [1.807, 2.05) is 20.8 Å². The molecule has 0 spiro atoms. The van der Waals surface area contributed by atoms with Gasteiger partial charge < -0.3 is 14.7 Å². The highest BCUT2D eigenvalue weighted by atomic mass is 16.5. The third-order valence-electron chi connectivity index (χ3n) is 3.55. The van der Waals surface area contributed by atoms with Crippen LogP contribution in [0.15, 0.2) is 0 Å². The second-order valence-corrected chi connectivity index (χ2v) is 4.97. The van der Waals surface area contributed by atoms with Gasteiger partial charge in [0.15, 0.2) is 0 Å². The Labute approximate surface area is 102 Å². The quantitative estimate of drug-likeness (QED) is 0.799. The van der Waals surface area contributed by atoms with Crippen molar-refractivity contribution in [3.8, 4) is 0 Å². The molecular formula is C12H21NO4. The number of carbonyl (C=O) groups is 2. The maximum Gasteiger partial charge on any atom is 0.326 e. The van der Waals surface area contributed by atoms with Crippen molar-refractivity contribution in [2.75, 3.05) is 13.7 Å². The Morgan fingerprint density at radius 1 is 1.35 bits per heavy atom. The van der Waals surface area contributed by atoms with Crippen molar-refractivity contribution in [3.63, 3.8) is 0 Å². The van der Waals surface area contributed by atoms with Crippen molar-refractivity contribution >= 4 is 11.9 Å². The number of hydrogen-bond acceptors (Lipinski definition) is 3. The van der Waals surface area contributed by atoms with Gasteiger partial charge in [-0.1, -0.05) is 20.8 Å². The van der Waals surface area contributed by atoms with E-state index in [9.17, 15) is 9.59 Å². The van der Waals surface area contributed by atoms with Crippen molar-refractivity contribution in [2.45, 2.75) is 39.3 Å². The summed E-state index contributed by atoms with van der Waals surface area (Å²) in [6, 6.07) is -0.742. The van der Waals surface area contributed by atoms with Gasteiger partial charge in [-0.2, -0.15) is 0 Å². The number of amides is 1. The van der Waals surface area contributed by atoms with Gasteiger partial charge in [0.2, 0.25) is 5.91 Å². The Bertz CT molecular complexity index is 303. The van der Waals surface area contributed by atoms with Gasteiger partial charge in [-0.25, -0.2) is 4.79 Å². The summed E-state index contributed by atoms with van der Waals surface area (Å²) in [5.41, 5.74) is 0. The molecule has 17 heavy (non-hydrogen) atoms. The van der Waals surface area contributed by atoms with Gasteiger partial charge in [0, 0.05) is 26.0 Å². The Hall–Kier alpha value is -1.10. The van der Waals surface area contributed by atoms with E-state index < -0.39 is 12.0 Å². The van der Waals surface area contributed by atoms with Gasteiger partial charge in [0.25, 0.3) is 0 Å². The molecule has 5 heteroatoms. The van der Waals surface area contributed by atoms with Gasteiger partial charge >= 0.3 is 5.97 Å². The molecule has 0 aromatic heterocycles. The number of aliphatic carboxylic acids is 1. The molecular weight excluding hydrogens is 222 g/mol. The summed E-state index contributed by atoms with van der Waals surface area (Å²) in [5.74, 6) is -0.994. The fraction of sp³-hybridized carbons (Fsp3) is 0.833. The van der Waals surface area contributed by atoms with Crippen LogP contribution in [0.25, 0.3) is 0 Å². The van der Waals surface area contributed by atoms with Crippen molar-refractivity contribution in [3.05, 3.63) is 0 Å². The molecule has 0 bridgehead atoms. The smallest absolute Gasteiger partial charge is 0.326 e. The summed E-state index contributed by atoms with van der Waals surface area (Å²) < 4.78 is 5.15. The minimum absolute atomic E-state index is 0.0908. The van der Waals surface area contributed by atoms with E-state index in [1.165, 1.54) is 4.90 Å². The van der Waals surface area contributed by atoms with Crippen molar-refractivity contribution in [2.24, 2.45) is 11.8 Å². The molecule has 0 aromatic carbocycles. The van der Waals surface area contributed by atoms with Crippen molar-refractivity contribution in [1.29, 1.82) is 0 Å². The largest absolute Gasteiger partial charge is 0.480 e. The molecule has 1 N–H and O–H groups in total. The number of methoxy groups -OCH3 is 1. The van der Waals surface area contributed by atoms with Crippen LogP contribution < -0.4 is 0 Å². The zero-order chi connectivity index (χ0) is 13.2. The van der Waals surface area contributed by atoms with E-state index in [2.05, 4.69) is 0 Å². The lowest BCUT2D eigenvalue weighted by molar-refractivity contribution is -0.150. The lowest BCUT2D eigenvalue weighted by atomic mass is 9.96. The molecule has 3 atom stereocenters. The molecule has 1 rings (SSSR count). The predicted octanol–water partition coefficient (Wildman–Crippen LogP) is 0.979. The van der Waals surface area contributed by atoms with E-state index in [-0.39, 0.29) is 23.8 Å². The third kappa shape index (κ3) is 2.97. The van der Waals surface area contributed by atoms with Crippen LogP contribution in [0.1, 0.15) is 27.2 Å². The van der Waals surface area contributed by atoms with E-state index in [4.69, 9.17) is 9.84 Å². The van der Waals surface area contributed by atoms with E-state index >= 15 is 0 Å². The first-order valence-corrected chi connectivity index (χ1v) is 5.94. The lowest BCUT2D eigenvalue weighted by Gasteiger charge is -2.26. The molecule has 0 aromatic rings. The molecule has 1 saturated heterocycles. The standard InChI is InChI=1S/C12H21NO4/c1-7(2)8(3)11(14)13-6-9(17-4)5-10(13)12(15)16/h7-10H,5-6H2,1-4H3,(H,15,16). The maximum atomic E-state index is 12.2. The molecule has 5 nitrogen and oxygen atoms in total. The predicted molar refractivity (Wildman–Crippen MR) is 62.6 cm³/mol. The molecule has 1 fully saturated rings. The molecule has 0 saturated carbocycles. The number of ether oxygens (including phenoxy) is 1. The highest BCUT2D eigenvalue weighted by Gasteiger charge is 2.41. The Balaban J connectivity index is 2.80. The molecule has 1 aliphatic heterocycles. The molecule has 1 aliphatic rings.